The minimum absolute atomic E-state index is 0.0801. The van der Waals surface area contributed by atoms with Crippen LogP contribution in [0.3, 0.4) is 0 Å². The summed E-state index contributed by atoms with van der Waals surface area (Å²) in [6.45, 7) is 3.11. The third-order valence-electron chi connectivity index (χ3n) is 3.25. The molecule has 3 heteroatoms. The van der Waals surface area contributed by atoms with Crippen LogP contribution in [0.25, 0.3) is 0 Å². The molecule has 1 aliphatic heterocycles. The Balaban J connectivity index is 2.16. The lowest BCUT2D eigenvalue weighted by Crippen LogP contribution is -2.28. The van der Waals surface area contributed by atoms with Crippen LogP contribution in [0.4, 0.5) is 0 Å². The summed E-state index contributed by atoms with van der Waals surface area (Å²) in [6, 6.07) is 0. The number of unbranched alkanes of at least 4 members (excludes halogenated alkanes) is 2. The Morgan fingerprint density at radius 3 is 2.76 bits per heavy atom. The molecule has 1 rings (SSSR count). The maximum atomic E-state index is 6.08. The predicted molar refractivity (Wildman–Crippen MR) is 75.6 cm³/mol. The lowest BCUT2D eigenvalue weighted by molar-refractivity contribution is -0.190. The minimum Gasteiger partial charge on any atom is -0.353 e. The molecule has 0 N–H and O–H groups in total. The standard InChI is InChI=1S/C14H27BrO2/c1-2-8-13(9-4-3-6-11-15)17-14-10-5-7-12-16-14/h13-14H,2-12H2,1H3. The van der Waals surface area contributed by atoms with Gasteiger partial charge in [-0.25, -0.2) is 0 Å². The maximum absolute atomic E-state index is 6.08. The van der Waals surface area contributed by atoms with Gasteiger partial charge in [0.25, 0.3) is 0 Å². The van der Waals surface area contributed by atoms with Crippen molar-refractivity contribution in [2.45, 2.75) is 77.1 Å². The molecule has 0 aromatic rings. The van der Waals surface area contributed by atoms with E-state index in [4.69, 9.17) is 9.47 Å². The highest BCUT2D eigenvalue weighted by molar-refractivity contribution is 9.09. The van der Waals surface area contributed by atoms with Crippen LogP contribution < -0.4 is 0 Å². The zero-order chi connectivity index (χ0) is 12.3. The molecule has 0 saturated carbocycles. The van der Waals surface area contributed by atoms with Crippen LogP contribution in [0, 0.1) is 0 Å². The molecule has 1 heterocycles. The van der Waals surface area contributed by atoms with E-state index in [9.17, 15) is 0 Å². The molecule has 1 aliphatic rings. The molecular weight excluding hydrogens is 280 g/mol. The molecule has 0 aromatic heterocycles. The van der Waals surface area contributed by atoms with Gasteiger partial charge in [-0.1, -0.05) is 42.1 Å². The Labute approximate surface area is 115 Å². The Bertz CT molecular complexity index is 170. The van der Waals surface area contributed by atoms with Crippen LogP contribution in [0.2, 0.25) is 0 Å². The molecule has 17 heavy (non-hydrogen) atoms. The van der Waals surface area contributed by atoms with Gasteiger partial charge in [0.1, 0.15) is 0 Å². The van der Waals surface area contributed by atoms with Crippen LogP contribution in [0.5, 0.6) is 0 Å². The van der Waals surface area contributed by atoms with E-state index in [1.807, 2.05) is 0 Å². The van der Waals surface area contributed by atoms with Gasteiger partial charge in [-0.05, 0) is 38.5 Å². The first-order chi connectivity index (χ1) is 8.36. The topological polar surface area (TPSA) is 18.5 Å². The zero-order valence-corrected chi connectivity index (χ0v) is 12.7. The molecule has 0 aliphatic carbocycles. The summed E-state index contributed by atoms with van der Waals surface area (Å²) >= 11 is 3.48. The summed E-state index contributed by atoms with van der Waals surface area (Å²) < 4.78 is 11.7. The lowest BCUT2D eigenvalue weighted by Gasteiger charge is -2.27. The Morgan fingerprint density at radius 2 is 2.12 bits per heavy atom. The highest BCUT2D eigenvalue weighted by atomic mass is 79.9. The van der Waals surface area contributed by atoms with Gasteiger partial charge in [0.2, 0.25) is 0 Å². The van der Waals surface area contributed by atoms with E-state index in [0.717, 1.165) is 18.4 Å². The largest absolute Gasteiger partial charge is 0.353 e. The Hall–Kier alpha value is 0.400. The van der Waals surface area contributed by atoms with Gasteiger partial charge in [0, 0.05) is 11.9 Å². The Morgan fingerprint density at radius 1 is 1.24 bits per heavy atom. The average molecular weight is 307 g/mol. The van der Waals surface area contributed by atoms with Crippen LogP contribution in [-0.4, -0.2) is 24.3 Å². The average Bonchev–Trinajstić information content (AvgIpc) is 2.36. The monoisotopic (exact) mass is 306 g/mol. The van der Waals surface area contributed by atoms with Gasteiger partial charge >= 0.3 is 0 Å². The number of hydrogen-bond donors (Lipinski definition) is 0. The van der Waals surface area contributed by atoms with E-state index in [1.54, 1.807) is 0 Å². The molecule has 1 fully saturated rings. The molecule has 2 unspecified atom stereocenters. The van der Waals surface area contributed by atoms with Crippen molar-refractivity contribution in [2.75, 3.05) is 11.9 Å². The van der Waals surface area contributed by atoms with Crippen LogP contribution >= 0.6 is 15.9 Å². The number of hydrogen-bond acceptors (Lipinski definition) is 2. The molecule has 1 saturated heterocycles. The third kappa shape index (κ3) is 7.43. The quantitative estimate of drug-likeness (QED) is 0.456. The molecular formula is C14H27BrO2. The van der Waals surface area contributed by atoms with Gasteiger partial charge in [-0.2, -0.15) is 0 Å². The maximum Gasteiger partial charge on any atom is 0.157 e. The zero-order valence-electron chi connectivity index (χ0n) is 11.1. The second kappa shape index (κ2) is 10.3. The fraction of sp³-hybridized carbons (Fsp3) is 1.00. The SMILES string of the molecule is CCCC(CCCCCBr)OC1CCCCO1. The van der Waals surface area contributed by atoms with Crippen molar-refractivity contribution >= 4 is 15.9 Å². The normalized spacial score (nSPS) is 22.6. The predicted octanol–water partition coefficient (Wildman–Crippen LogP) is 4.65. The molecule has 102 valence electrons. The van der Waals surface area contributed by atoms with Crippen molar-refractivity contribution < 1.29 is 9.47 Å². The molecule has 0 spiro atoms. The first-order valence-corrected chi connectivity index (χ1v) is 8.32. The van der Waals surface area contributed by atoms with Gasteiger partial charge in [-0.15, -0.1) is 0 Å². The van der Waals surface area contributed by atoms with E-state index in [-0.39, 0.29) is 6.29 Å². The fourth-order valence-electron chi connectivity index (χ4n) is 2.28. The number of ether oxygens (including phenoxy) is 2. The van der Waals surface area contributed by atoms with E-state index < -0.39 is 0 Å². The van der Waals surface area contributed by atoms with Gasteiger partial charge in [0.15, 0.2) is 6.29 Å². The first-order valence-electron chi connectivity index (χ1n) is 7.19. The Kier molecular flexibility index (Phi) is 9.40. The van der Waals surface area contributed by atoms with Crippen molar-refractivity contribution in [1.82, 2.24) is 0 Å². The third-order valence-corrected chi connectivity index (χ3v) is 3.81. The van der Waals surface area contributed by atoms with E-state index in [0.29, 0.717) is 6.10 Å². The summed E-state index contributed by atoms with van der Waals surface area (Å²) in [5, 5.41) is 1.12. The fourth-order valence-corrected chi connectivity index (χ4v) is 2.68. The van der Waals surface area contributed by atoms with Crippen molar-refractivity contribution in [3.8, 4) is 0 Å². The van der Waals surface area contributed by atoms with Crippen molar-refractivity contribution in [2.24, 2.45) is 0 Å². The number of halogens is 1. The molecule has 0 radical (unpaired) electrons. The molecule has 0 bridgehead atoms. The van der Waals surface area contributed by atoms with Gasteiger partial charge in [-0.3, -0.25) is 0 Å². The van der Waals surface area contributed by atoms with Gasteiger partial charge < -0.3 is 9.47 Å². The second-order valence-corrected chi connectivity index (χ2v) is 5.67. The smallest absolute Gasteiger partial charge is 0.157 e. The van der Waals surface area contributed by atoms with Crippen molar-refractivity contribution in [3.63, 3.8) is 0 Å². The summed E-state index contributed by atoms with van der Waals surface area (Å²) in [5.41, 5.74) is 0. The van der Waals surface area contributed by atoms with Crippen molar-refractivity contribution in [1.29, 1.82) is 0 Å². The summed E-state index contributed by atoms with van der Waals surface area (Å²) in [4.78, 5) is 0. The highest BCUT2D eigenvalue weighted by Crippen LogP contribution is 2.20. The van der Waals surface area contributed by atoms with E-state index >= 15 is 0 Å². The number of rotatable bonds is 9. The van der Waals surface area contributed by atoms with Crippen LogP contribution in [0.1, 0.15) is 64.7 Å². The second-order valence-electron chi connectivity index (χ2n) is 4.88. The molecule has 0 amide bonds. The summed E-state index contributed by atoms with van der Waals surface area (Å²) in [7, 11) is 0. The minimum atomic E-state index is 0.0801. The molecule has 0 aromatic carbocycles. The van der Waals surface area contributed by atoms with E-state index in [2.05, 4.69) is 22.9 Å². The van der Waals surface area contributed by atoms with Crippen LogP contribution in [-0.2, 0) is 9.47 Å². The number of alkyl halides is 1. The lowest BCUT2D eigenvalue weighted by atomic mass is 10.1. The molecule has 2 atom stereocenters. The first kappa shape index (κ1) is 15.5. The summed E-state index contributed by atoms with van der Waals surface area (Å²) in [5.74, 6) is 0. The van der Waals surface area contributed by atoms with Crippen LogP contribution in [0.15, 0.2) is 0 Å². The molecule has 2 nitrogen and oxygen atoms in total. The highest BCUT2D eigenvalue weighted by Gasteiger charge is 2.18. The van der Waals surface area contributed by atoms with E-state index in [1.165, 1.54) is 51.4 Å². The van der Waals surface area contributed by atoms with Gasteiger partial charge in [0.05, 0.1) is 6.10 Å². The summed E-state index contributed by atoms with van der Waals surface area (Å²) in [6.07, 6.45) is 11.5. The van der Waals surface area contributed by atoms with Crippen molar-refractivity contribution in [3.05, 3.63) is 0 Å².